The van der Waals surface area contributed by atoms with E-state index in [0.29, 0.717) is 12.8 Å². The van der Waals surface area contributed by atoms with Crippen LogP contribution in [0.4, 0.5) is 0 Å². The number of hydrogen-bond donors (Lipinski definition) is 0. The van der Waals surface area contributed by atoms with E-state index in [4.69, 9.17) is 0 Å². The van der Waals surface area contributed by atoms with E-state index in [1.807, 2.05) is 19.9 Å². The predicted molar refractivity (Wildman–Crippen MR) is 79.6 cm³/mol. The minimum atomic E-state index is 0. The smallest absolute Gasteiger partial charge is 1.00 e. The summed E-state index contributed by atoms with van der Waals surface area (Å²) in [5.41, 5.74) is 1.30. The van der Waals surface area contributed by atoms with Gasteiger partial charge < -0.3 is 7.50 Å². The third-order valence-corrected chi connectivity index (χ3v) is 2.03. The fraction of sp³-hybridized carbons (Fsp3) is 0.600. The van der Waals surface area contributed by atoms with E-state index >= 15 is 0 Å². The molecule has 0 aliphatic carbocycles. The van der Waals surface area contributed by atoms with Crippen molar-refractivity contribution in [3.63, 3.8) is 0 Å². The van der Waals surface area contributed by atoms with E-state index in [1.54, 1.807) is 19.9 Å². The molecule has 0 heterocycles. The van der Waals surface area contributed by atoms with E-state index in [0.717, 1.165) is 12.8 Å². The zero-order chi connectivity index (χ0) is 13.7. The normalized spacial score (nSPS) is 10.4. The van der Waals surface area contributed by atoms with Gasteiger partial charge in [0, 0.05) is 6.42 Å². The van der Waals surface area contributed by atoms with Gasteiger partial charge in [-0.3, -0.25) is 15.7 Å². The van der Waals surface area contributed by atoms with Crippen molar-refractivity contribution >= 4 is 34.6 Å². The van der Waals surface area contributed by atoms with Gasteiger partial charge in [0.2, 0.25) is 0 Å². The first-order chi connectivity index (χ1) is 7.93. The number of Topliss-reactive ketones (excluding diaryl/α,β-unsaturated/α-hetero) is 2. The molecule has 0 unspecified atom stereocenters. The number of rotatable bonds is 6. The molecule has 0 amide bonds. The zero-order valence-electron chi connectivity index (χ0n) is 13.5. The van der Waals surface area contributed by atoms with Gasteiger partial charge in [-0.25, -0.2) is 0 Å². The third-order valence-electron chi connectivity index (χ3n) is 2.03. The second-order valence-electron chi connectivity index (χ2n) is 3.98. The average molecular weight is 263 g/mol. The van der Waals surface area contributed by atoms with Crippen molar-refractivity contribution in [2.75, 3.05) is 0 Å². The first-order valence-corrected chi connectivity index (χ1v) is 6.13. The van der Waals surface area contributed by atoms with Crippen LogP contribution in [0.3, 0.4) is 0 Å². The molecule has 0 aromatic carbocycles. The van der Waals surface area contributed by atoms with Crippen molar-refractivity contribution < 1.29 is 11.0 Å². The van der Waals surface area contributed by atoms with Crippen LogP contribution in [0.25, 0.3) is 0 Å². The molecule has 0 aliphatic rings. The van der Waals surface area contributed by atoms with Crippen LogP contribution in [-0.2, 0) is 9.59 Å². The Labute approximate surface area is 130 Å². The minimum absolute atomic E-state index is 0. The molecule has 0 aromatic heterocycles. The van der Waals surface area contributed by atoms with Gasteiger partial charge in [-0.15, -0.1) is 0 Å². The predicted octanol–water partition coefficient (Wildman–Crippen LogP) is 3.79. The number of allylic oxidation sites excluding steroid dienone is 4. The SMILES string of the molecule is CC/C(C)=C\CC(C)=O.CC[C-]=CCC(C)=O.[H-].[Mg+2]. The molecular weight excluding hydrogens is 236 g/mol. The Balaban J connectivity index is -0.000000108. The van der Waals surface area contributed by atoms with Crippen LogP contribution in [0.2, 0.25) is 0 Å². The summed E-state index contributed by atoms with van der Waals surface area (Å²) < 4.78 is 0. The molecule has 0 aliphatic heterocycles. The summed E-state index contributed by atoms with van der Waals surface area (Å²) in [6.45, 7) is 9.32. The topological polar surface area (TPSA) is 34.1 Å². The first-order valence-electron chi connectivity index (χ1n) is 6.13. The van der Waals surface area contributed by atoms with Gasteiger partial charge in [-0.05, 0) is 33.6 Å². The van der Waals surface area contributed by atoms with Crippen LogP contribution in [0.1, 0.15) is 61.7 Å². The zero-order valence-corrected chi connectivity index (χ0v) is 13.9. The summed E-state index contributed by atoms with van der Waals surface area (Å²) in [6.07, 6.45) is 9.78. The maximum Gasteiger partial charge on any atom is 2.00 e. The van der Waals surface area contributed by atoms with E-state index in [2.05, 4.69) is 13.0 Å². The van der Waals surface area contributed by atoms with Crippen molar-refractivity contribution in [2.24, 2.45) is 0 Å². The summed E-state index contributed by atoms with van der Waals surface area (Å²) >= 11 is 0. The number of hydrogen-bond acceptors (Lipinski definition) is 2. The molecule has 0 saturated heterocycles. The third kappa shape index (κ3) is 24.7. The summed E-state index contributed by atoms with van der Waals surface area (Å²) in [5, 5.41) is 0. The molecule has 18 heavy (non-hydrogen) atoms. The molecule has 0 N–H and O–H groups in total. The maximum atomic E-state index is 10.4. The Kier molecular flexibility index (Phi) is 21.0. The van der Waals surface area contributed by atoms with Crippen LogP contribution >= 0.6 is 0 Å². The number of carbonyl (C=O) groups is 2. The Hall–Kier alpha value is -0.414. The monoisotopic (exact) mass is 262 g/mol. The van der Waals surface area contributed by atoms with E-state index in [-0.39, 0.29) is 36.0 Å². The standard InChI is InChI=1S/C8H14O.C7H11O.Mg.H/c1-4-7(2)5-6-8(3)9;1-3-4-5-6-7(2)8;;/h5H,4,6H2,1-3H3;5H,3,6H2,1-2H3;;/q;-1;+2;-1/b7-5-;;;. The largest absolute Gasteiger partial charge is 2.00 e. The average Bonchev–Trinajstić information content (AvgIpc) is 2.26. The molecule has 100 valence electrons. The number of carbonyl (C=O) groups excluding carboxylic acids is 2. The Morgan fingerprint density at radius 3 is 1.89 bits per heavy atom. The Morgan fingerprint density at radius 2 is 1.56 bits per heavy atom. The van der Waals surface area contributed by atoms with E-state index in [9.17, 15) is 9.59 Å². The van der Waals surface area contributed by atoms with E-state index < -0.39 is 0 Å². The van der Waals surface area contributed by atoms with Gasteiger partial charge in [-0.2, -0.15) is 6.42 Å². The summed E-state index contributed by atoms with van der Waals surface area (Å²) in [5.74, 6) is 0.439. The Bertz CT molecular complexity index is 284. The van der Waals surface area contributed by atoms with Crippen LogP contribution in [0.5, 0.6) is 0 Å². The first kappa shape index (κ1) is 22.7. The van der Waals surface area contributed by atoms with Crippen molar-refractivity contribution in [3.8, 4) is 0 Å². The molecule has 0 aromatic rings. The van der Waals surface area contributed by atoms with Gasteiger partial charge in [0.25, 0.3) is 0 Å². The Morgan fingerprint density at radius 1 is 1.06 bits per heavy atom. The molecule has 2 nitrogen and oxygen atoms in total. The van der Waals surface area contributed by atoms with Crippen molar-refractivity contribution in [1.82, 2.24) is 0 Å². The summed E-state index contributed by atoms with van der Waals surface area (Å²) in [7, 11) is 0. The summed E-state index contributed by atoms with van der Waals surface area (Å²) in [4.78, 5) is 20.7. The molecule has 0 rings (SSSR count). The van der Waals surface area contributed by atoms with E-state index in [1.165, 1.54) is 5.57 Å². The molecule has 0 spiro atoms. The molecule has 0 bridgehead atoms. The second kappa shape index (κ2) is 16.6. The summed E-state index contributed by atoms with van der Waals surface area (Å²) in [6, 6.07) is 0. The van der Waals surface area contributed by atoms with Crippen LogP contribution in [0, 0.1) is 6.08 Å². The van der Waals surface area contributed by atoms with Gasteiger partial charge in [0.15, 0.2) is 0 Å². The van der Waals surface area contributed by atoms with Gasteiger partial charge >= 0.3 is 23.1 Å². The number of ketones is 2. The van der Waals surface area contributed by atoms with Crippen molar-refractivity contribution in [3.05, 3.63) is 23.8 Å². The molecular formula is C15H26MgO2. The van der Waals surface area contributed by atoms with Gasteiger partial charge in [-0.1, -0.05) is 25.5 Å². The van der Waals surface area contributed by atoms with Crippen LogP contribution in [-0.4, -0.2) is 34.6 Å². The van der Waals surface area contributed by atoms with Crippen LogP contribution < -0.4 is 0 Å². The maximum absolute atomic E-state index is 10.4. The van der Waals surface area contributed by atoms with Crippen molar-refractivity contribution in [2.45, 2.75) is 60.3 Å². The molecule has 0 saturated carbocycles. The van der Waals surface area contributed by atoms with Crippen LogP contribution in [0.15, 0.2) is 17.7 Å². The molecule has 0 atom stereocenters. The second-order valence-corrected chi connectivity index (χ2v) is 3.98. The molecule has 3 heteroatoms. The van der Waals surface area contributed by atoms with Gasteiger partial charge in [0.1, 0.15) is 11.6 Å². The fourth-order valence-corrected chi connectivity index (χ4v) is 0.823. The molecule has 0 fully saturated rings. The molecule has 0 radical (unpaired) electrons. The van der Waals surface area contributed by atoms with Gasteiger partial charge in [0.05, 0.1) is 0 Å². The van der Waals surface area contributed by atoms with Crippen molar-refractivity contribution in [1.29, 1.82) is 0 Å². The fourth-order valence-electron chi connectivity index (χ4n) is 0.823. The minimum Gasteiger partial charge on any atom is -1.00 e. The quantitative estimate of drug-likeness (QED) is 0.415.